The standard InChI is InChI=1S/C33H52O7/c1-19(20(2)31(7,37)18-38-21(3)34)28(39-22(4)35)32(8)33(40-32)16-13-27-25-10-9-23-17-24(36)11-14-29(23,5)26(25)12-15-30(27,33)6/h19-20,23,25-28,37H,9-18H2,1-8H3/t19-,20-,23-,25+,26-,27-,28+,29-,30-,31-,32-,33-/m0/s1. The predicted molar refractivity (Wildman–Crippen MR) is 150 cm³/mol. The first kappa shape index (κ1) is 30.0. The molecule has 5 rings (SSSR count). The summed E-state index contributed by atoms with van der Waals surface area (Å²) in [6.45, 7) is 15.3. The summed E-state index contributed by atoms with van der Waals surface area (Å²) in [6.07, 6.45) is 8.70. The number of hydrogen-bond acceptors (Lipinski definition) is 7. The summed E-state index contributed by atoms with van der Waals surface area (Å²) < 4.78 is 18.2. The number of aliphatic hydroxyl groups is 1. The topological polar surface area (TPSA) is 102 Å². The molecule has 0 aromatic carbocycles. The van der Waals surface area contributed by atoms with Crippen molar-refractivity contribution in [2.24, 2.45) is 46.3 Å². The molecule has 0 unspecified atom stereocenters. The number of fused-ring (bicyclic) bond motifs is 6. The zero-order valence-electron chi connectivity index (χ0n) is 26.0. The third-order valence-corrected chi connectivity index (χ3v) is 13.4. The Bertz CT molecular complexity index is 1050. The van der Waals surface area contributed by atoms with Crippen LogP contribution in [0, 0.1) is 46.3 Å². The van der Waals surface area contributed by atoms with Crippen molar-refractivity contribution in [3.63, 3.8) is 0 Å². The minimum absolute atomic E-state index is 0.0157. The Morgan fingerprint density at radius 3 is 2.35 bits per heavy atom. The van der Waals surface area contributed by atoms with Crippen molar-refractivity contribution in [2.45, 2.75) is 136 Å². The molecule has 5 aliphatic rings. The highest BCUT2D eigenvalue weighted by Gasteiger charge is 2.83. The Morgan fingerprint density at radius 1 is 1.02 bits per heavy atom. The highest BCUT2D eigenvalue weighted by atomic mass is 16.7. The van der Waals surface area contributed by atoms with E-state index in [4.69, 9.17) is 14.2 Å². The van der Waals surface area contributed by atoms with Crippen LogP contribution in [-0.2, 0) is 28.6 Å². The molecule has 7 heteroatoms. The maximum atomic E-state index is 12.4. The average Bonchev–Trinajstić information content (AvgIpc) is 3.39. The number of carbonyl (C=O) groups excluding carboxylic acids is 3. The van der Waals surface area contributed by atoms with Gasteiger partial charge >= 0.3 is 11.9 Å². The fourth-order valence-electron chi connectivity index (χ4n) is 10.8. The number of hydrogen-bond donors (Lipinski definition) is 1. The van der Waals surface area contributed by atoms with Gasteiger partial charge in [-0.3, -0.25) is 14.4 Å². The van der Waals surface area contributed by atoms with Crippen LogP contribution in [0.15, 0.2) is 0 Å². The van der Waals surface area contributed by atoms with Gasteiger partial charge in [0, 0.05) is 38.0 Å². The third-order valence-electron chi connectivity index (χ3n) is 13.4. The number of rotatable bonds is 7. The lowest BCUT2D eigenvalue weighted by atomic mass is 9.44. The fourth-order valence-corrected chi connectivity index (χ4v) is 10.8. The zero-order chi connectivity index (χ0) is 29.5. The van der Waals surface area contributed by atoms with E-state index in [1.807, 2.05) is 13.8 Å². The van der Waals surface area contributed by atoms with Crippen LogP contribution in [0.2, 0.25) is 0 Å². The number of Topliss-reactive ketones (excluding diaryl/α,β-unsaturated/α-hetero) is 1. The number of epoxide rings is 1. The van der Waals surface area contributed by atoms with Gasteiger partial charge in [0.15, 0.2) is 0 Å². The second-order valence-corrected chi connectivity index (χ2v) is 15.2. The highest BCUT2D eigenvalue weighted by molar-refractivity contribution is 5.79. The number of ether oxygens (including phenoxy) is 3. The molecule has 0 radical (unpaired) electrons. The molecule has 0 aromatic rings. The highest BCUT2D eigenvalue weighted by Crippen LogP contribution is 2.77. The largest absolute Gasteiger partial charge is 0.463 e. The Kier molecular flexibility index (Phi) is 7.34. The molecule has 40 heavy (non-hydrogen) atoms. The van der Waals surface area contributed by atoms with Gasteiger partial charge in [0.2, 0.25) is 0 Å². The molecule has 1 saturated heterocycles. The van der Waals surface area contributed by atoms with Gasteiger partial charge in [0.25, 0.3) is 0 Å². The summed E-state index contributed by atoms with van der Waals surface area (Å²) in [4.78, 5) is 36.2. The third kappa shape index (κ3) is 4.30. The van der Waals surface area contributed by atoms with Crippen LogP contribution in [0.4, 0.5) is 0 Å². The SMILES string of the molecule is CC(=O)OC[C@](C)(O)[C@@H](C)[C@H](C)[C@@H](OC(C)=O)[C@]1(C)O[C@]12CC[C@H]1[C@@H]3CC[C@H]4CC(=O)CC[C@]4(C)[C@H]3CC[C@@]12C. The van der Waals surface area contributed by atoms with Crippen LogP contribution in [-0.4, -0.2) is 52.3 Å². The van der Waals surface area contributed by atoms with Crippen molar-refractivity contribution >= 4 is 17.7 Å². The summed E-state index contributed by atoms with van der Waals surface area (Å²) >= 11 is 0. The van der Waals surface area contributed by atoms with E-state index in [9.17, 15) is 19.5 Å². The van der Waals surface area contributed by atoms with E-state index in [1.165, 1.54) is 26.7 Å². The first-order valence-electron chi connectivity index (χ1n) is 15.8. The molecular weight excluding hydrogens is 508 g/mol. The van der Waals surface area contributed by atoms with Gasteiger partial charge in [-0.1, -0.05) is 27.7 Å². The van der Waals surface area contributed by atoms with E-state index in [-0.39, 0.29) is 40.8 Å². The van der Waals surface area contributed by atoms with Crippen molar-refractivity contribution in [2.75, 3.05) is 6.61 Å². The van der Waals surface area contributed by atoms with Gasteiger partial charge in [-0.05, 0) is 93.8 Å². The second-order valence-electron chi connectivity index (χ2n) is 15.2. The lowest BCUT2D eigenvalue weighted by Gasteiger charge is -2.60. The van der Waals surface area contributed by atoms with E-state index in [1.54, 1.807) is 6.92 Å². The number of ketones is 1. The molecule has 1 heterocycles. The summed E-state index contributed by atoms with van der Waals surface area (Å²) in [5, 5.41) is 11.3. The molecule has 7 nitrogen and oxygen atoms in total. The van der Waals surface area contributed by atoms with Gasteiger partial charge in [0.1, 0.15) is 29.7 Å². The van der Waals surface area contributed by atoms with E-state index in [2.05, 4.69) is 20.8 Å². The van der Waals surface area contributed by atoms with E-state index in [0.717, 1.165) is 44.9 Å². The zero-order valence-corrected chi connectivity index (χ0v) is 26.0. The lowest BCUT2D eigenvalue weighted by molar-refractivity contribution is -0.163. The Labute approximate surface area is 240 Å². The Hall–Kier alpha value is -1.47. The maximum absolute atomic E-state index is 12.4. The van der Waals surface area contributed by atoms with Crippen molar-refractivity contribution in [1.82, 2.24) is 0 Å². The van der Waals surface area contributed by atoms with E-state index >= 15 is 0 Å². The normalized spacial score (nSPS) is 45.8. The van der Waals surface area contributed by atoms with Crippen LogP contribution in [0.25, 0.3) is 0 Å². The first-order valence-corrected chi connectivity index (χ1v) is 15.8. The van der Waals surface area contributed by atoms with Gasteiger partial charge < -0.3 is 19.3 Å². The maximum Gasteiger partial charge on any atom is 0.303 e. The molecular formula is C33H52O7. The molecule has 12 atom stereocenters. The summed E-state index contributed by atoms with van der Waals surface area (Å²) in [6, 6.07) is 0. The fraction of sp³-hybridized carbons (Fsp3) is 0.909. The summed E-state index contributed by atoms with van der Waals surface area (Å²) in [5.74, 6) is 1.52. The second kappa shape index (κ2) is 9.79. The summed E-state index contributed by atoms with van der Waals surface area (Å²) in [5.41, 5.74) is -2.06. The van der Waals surface area contributed by atoms with Crippen LogP contribution in [0.3, 0.4) is 0 Å². The smallest absolute Gasteiger partial charge is 0.303 e. The monoisotopic (exact) mass is 560 g/mol. The van der Waals surface area contributed by atoms with Crippen molar-refractivity contribution in [1.29, 1.82) is 0 Å². The van der Waals surface area contributed by atoms with E-state index < -0.39 is 23.3 Å². The van der Waals surface area contributed by atoms with Gasteiger partial charge in [-0.25, -0.2) is 0 Å². The van der Waals surface area contributed by atoms with Crippen LogP contribution >= 0.6 is 0 Å². The van der Waals surface area contributed by atoms with Crippen LogP contribution < -0.4 is 0 Å². The molecule has 226 valence electrons. The van der Waals surface area contributed by atoms with Gasteiger partial charge in [-0.2, -0.15) is 0 Å². The van der Waals surface area contributed by atoms with Gasteiger partial charge in [0.05, 0.1) is 5.60 Å². The molecule has 4 aliphatic carbocycles. The van der Waals surface area contributed by atoms with Crippen LogP contribution in [0.1, 0.15) is 113 Å². The molecule has 0 aromatic heterocycles. The molecule has 1 aliphatic heterocycles. The van der Waals surface area contributed by atoms with Crippen LogP contribution in [0.5, 0.6) is 0 Å². The Morgan fingerprint density at radius 2 is 1.70 bits per heavy atom. The quantitative estimate of drug-likeness (QED) is 0.317. The molecule has 5 fully saturated rings. The predicted octanol–water partition coefficient (Wildman–Crippen LogP) is 5.64. The summed E-state index contributed by atoms with van der Waals surface area (Å²) in [7, 11) is 0. The Balaban J connectivity index is 1.40. The molecule has 0 bridgehead atoms. The van der Waals surface area contributed by atoms with Gasteiger partial charge in [-0.15, -0.1) is 0 Å². The molecule has 1 spiro atoms. The van der Waals surface area contributed by atoms with E-state index in [0.29, 0.717) is 29.5 Å². The number of carbonyl (C=O) groups is 3. The van der Waals surface area contributed by atoms with Crippen molar-refractivity contribution in [3.8, 4) is 0 Å². The average molecular weight is 561 g/mol. The minimum Gasteiger partial charge on any atom is -0.463 e. The van der Waals surface area contributed by atoms with Crippen molar-refractivity contribution < 1.29 is 33.7 Å². The molecule has 4 saturated carbocycles. The molecule has 0 amide bonds. The van der Waals surface area contributed by atoms with Crippen molar-refractivity contribution in [3.05, 3.63) is 0 Å². The number of esters is 2. The first-order chi connectivity index (χ1) is 18.5. The lowest BCUT2D eigenvalue weighted by Crippen LogP contribution is -2.57. The molecule has 1 N–H and O–H groups in total. The minimum atomic E-state index is -1.28.